The molecule has 0 bridgehead atoms. The molecule has 20 heavy (non-hydrogen) atoms. The van der Waals surface area contributed by atoms with Gasteiger partial charge in [0.15, 0.2) is 0 Å². The number of nitrogen functional groups attached to an aromatic ring is 1. The summed E-state index contributed by atoms with van der Waals surface area (Å²) >= 11 is 0. The van der Waals surface area contributed by atoms with E-state index >= 15 is 0 Å². The maximum Gasteiger partial charge on any atom is 0.244 e. The van der Waals surface area contributed by atoms with Gasteiger partial charge in [-0.05, 0) is 31.0 Å². The van der Waals surface area contributed by atoms with E-state index in [1.165, 1.54) is 19.2 Å². The largest absolute Gasteiger partial charge is 0.495 e. The van der Waals surface area contributed by atoms with E-state index in [4.69, 9.17) is 10.5 Å². The highest BCUT2D eigenvalue weighted by Gasteiger charge is 2.38. The summed E-state index contributed by atoms with van der Waals surface area (Å²) < 4.78 is 32.8. The molecule has 112 valence electrons. The first-order chi connectivity index (χ1) is 9.42. The minimum absolute atomic E-state index is 0.000255. The molecule has 7 heteroatoms. The van der Waals surface area contributed by atoms with E-state index in [-0.39, 0.29) is 17.3 Å². The number of aliphatic hydroxyl groups is 1. The number of sulfonamides is 1. The van der Waals surface area contributed by atoms with Gasteiger partial charge in [-0.2, -0.15) is 0 Å². The molecule has 0 heterocycles. The lowest BCUT2D eigenvalue weighted by Crippen LogP contribution is -2.49. The third-order valence-electron chi connectivity index (χ3n) is 3.69. The van der Waals surface area contributed by atoms with Crippen molar-refractivity contribution in [3.63, 3.8) is 0 Å². The van der Waals surface area contributed by atoms with Crippen LogP contribution in [0.1, 0.15) is 25.7 Å². The van der Waals surface area contributed by atoms with Gasteiger partial charge in [0.05, 0.1) is 19.3 Å². The quantitative estimate of drug-likeness (QED) is 0.700. The van der Waals surface area contributed by atoms with Crippen LogP contribution in [-0.2, 0) is 10.0 Å². The number of methoxy groups -OCH3 is 1. The van der Waals surface area contributed by atoms with E-state index in [1.54, 1.807) is 6.07 Å². The molecule has 1 aliphatic rings. The fourth-order valence-corrected chi connectivity index (χ4v) is 4.24. The zero-order valence-electron chi connectivity index (χ0n) is 11.4. The van der Waals surface area contributed by atoms with Crippen molar-refractivity contribution in [3.8, 4) is 5.75 Å². The van der Waals surface area contributed by atoms with Crippen LogP contribution in [0, 0.1) is 0 Å². The normalized spacial score (nSPS) is 18.1. The Balaban J connectivity index is 2.37. The minimum atomic E-state index is -3.79. The van der Waals surface area contributed by atoms with Crippen LogP contribution >= 0.6 is 0 Å². The number of hydrogen-bond donors (Lipinski definition) is 3. The molecule has 1 fully saturated rings. The molecule has 1 aromatic rings. The average Bonchev–Trinajstić information content (AvgIpc) is 2.87. The summed E-state index contributed by atoms with van der Waals surface area (Å²) in [6.45, 7) is -0.211. The molecular weight excluding hydrogens is 280 g/mol. The highest BCUT2D eigenvalue weighted by Crippen LogP contribution is 2.33. The van der Waals surface area contributed by atoms with Gasteiger partial charge in [-0.3, -0.25) is 0 Å². The van der Waals surface area contributed by atoms with Crippen LogP contribution in [0.3, 0.4) is 0 Å². The van der Waals surface area contributed by atoms with Crippen LogP contribution in [0.5, 0.6) is 5.75 Å². The molecule has 0 saturated heterocycles. The van der Waals surface area contributed by atoms with E-state index in [1.807, 2.05) is 0 Å². The van der Waals surface area contributed by atoms with Gasteiger partial charge in [-0.25, -0.2) is 13.1 Å². The molecule has 0 amide bonds. The Bertz CT molecular complexity index is 580. The van der Waals surface area contributed by atoms with E-state index in [9.17, 15) is 13.5 Å². The minimum Gasteiger partial charge on any atom is -0.495 e. The fourth-order valence-electron chi connectivity index (χ4n) is 2.59. The van der Waals surface area contributed by atoms with Crippen LogP contribution < -0.4 is 15.2 Å². The summed E-state index contributed by atoms with van der Waals surface area (Å²) in [5, 5.41) is 9.52. The number of anilines is 1. The van der Waals surface area contributed by atoms with Crippen LogP contribution in [0.4, 0.5) is 5.69 Å². The van der Waals surface area contributed by atoms with Crippen molar-refractivity contribution in [1.29, 1.82) is 0 Å². The summed E-state index contributed by atoms with van der Waals surface area (Å²) in [5.41, 5.74) is 5.23. The van der Waals surface area contributed by atoms with Gasteiger partial charge >= 0.3 is 0 Å². The summed E-state index contributed by atoms with van der Waals surface area (Å²) in [6.07, 6.45) is 3.06. The highest BCUT2D eigenvalue weighted by atomic mass is 32.2. The number of ether oxygens (including phenoxy) is 1. The summed E-state index contributed by atoms with van der Waals surface area (Å²) in [5.74, 6) is 0.234. The van der Waals surface area contributed by atoms with Crippen molar-refractivity contribution in [3.05, 3.63) is 18.2 Å². The highest BCUT2D eigenvalue weighted by molar-refractivity contribution is 7.89. The molecule has 0 unspecified atom stereocenters. The predicted octanol–water partition coefficient (Wildman–Crippen LogP) is 0.861. The van der Waals surface area contributed by atoms with Crippen molar-refractivity contribution in [2.24, 2.45) is 0 Å². The van der Waals surface area contributed by atoms with Crippen LogP contribution in [-0.4, -0.2) is 32.8 Å². The van der Waals surface area contributed by atoms with Gasteiger partial charge in [-0.15, -0.1) is 0 Å². The second-order valence-electron chi connectivity index (χ2n) is 5.16. The van der Waals surface area contributed by atoms with Gasteiger partial charge < -0.3 is 15.6 Å². The first kappa shape index (κ1) is 15.1. The average molecular weight is 300 g/mol. The number of rotatable bonds is 5. The zero-order valence-corrected chi connectivity index (χ0v) is 12.2. The van der Waals surface area contributed by atoms with E-state index in [0.717, 1.165) is 12.8 Å². The lowest BCUT2D eigenvalue weighted by Gasteiger charge is -2.27. The predicted molar refractivity (Wildman–Crippen MR) is 76.0 cm³/mol. The first-order valence-corrected chi connectivity index (χ1v) is 7.99. The summed E-state index contributed by atoms with van der Waals surface area (Å²) in [7, 11) is -2.39. The third-order valence-corrected chi connectivity index (χ3v) is 5.29. The summed E-state index contributed by atoms with van der Waals surface area (Å²) in [4.78, 5) is -0.000255. The smallest absolute Gasteiger partial charge is 0.244 e. The van der Waals surface area contributed by atoms with Crippen molar-refractivity contribution in [2.45, 2.75) is 36.1 Å². The second kappa shape index (κ2) is 5.59. The van der Waals surface area contributed by atoms with Gasteiger partial charge in [0, 0.05) is 5.69 Å². The number of aliphatic hydroxyl groups excluding tert-OH is 1. The molecule has 6 nitrogen and oxygen atoms in total. The van der Waals surface area contributed by atoms with Gasteiger partial charge in [0.2, 0.25) is 10.0 Å². The first-order valence-electron chi connectivity index (χ1n) is 6.51. The van der Waals surface area contributed by atoms with Gasteiger partial charge in [0.25, 0.3) is 0 Å². The number of nitrogens with two attached hydrogens (primary N) is 1. The Kier molecular flexibility index (Phi) is 4.22. The Hall–Kier alpha value is -1.31. The van der Waals surface area contributed by atoms with Crippen LogP contribution in [0.15, 0.2) is 23.1 Å². The van der Waals surface area contributed by atoms with Crippen molar-refractivity contribution >= 4 is 15.7 Å². The lowest BCUT2D eigenvalue weighted by molar-refractivity contribution is 0.185. The molecule has 0 aromatic heterocycles. The number of benzene rings is 1. The third kappa shape index (κ3) is 2.89. The molecule has 1 saturated carbocycles. The SMILES string of the molecule is COc1ccc(N)cc1S(=O)(=O)NC1(CO)CCCC1. The maximum absolute atomic E-state index is 12.5. The van der Waals surface area contributed by atoms with Crippen molar-refractivity contribution in [2.75, 3.05) is 19.5 Å². The Labute approximate surface area is 119 Å². The Morgan fingerprint density at radius 3 is 2.60 bits per heavy atom. The van der Waals surface area contributed by atoms with Gasteiger partial charge in [-0.1, -0.05) is 12.8 Å². The Morgan fingerprint density at radius 2 is 2.05 bits per heavy atom. The standard InChI is InChI=1S/C13H20N2O4S/c1-19-11-5-4-10(14)8-12(11)20(17,18)15-13(9-16)6-2-3-7-13/h4-5,8,15-16H,2-3,6-7,9,14H2,1H3. The summed E-state index contributed by atoms with van der Waals surface area (Å²) in [6, 6.07) is 4.46. The Morgan fingerprint density at radius 1 is 1.40 bits per heavy atom. The monoisotopic (exact) mass is 300 g/mol. The topological polar surface area (TPSA) is 102 Å². The lowest BCUT2D eigenvalue weighted by atomic mass is 10.0. The zero-order chi connectivity index (χ0) is 14.8. The van der Waals surface area contributed by atoms with Crippen molar-refractivity contribution < 1.29 is 18.3 Å². The fraction of sp³-hybridized carbons (Fsp3) is 0.538. The van der Waals surface area contributed by atoms with Gasteiger partial charge in [0.1, 0.15) is 10.6 Å². The van der Waals surface area contributed by atoms with Crippen molar-refractivity contribution in [1.82, 2.24) is 4.72 Å². The molecule has 0 spiro atoms. The molecule has 1 aliphatic carbocycles. The molecule has 2 rings (SSSR count). The number of nitrogens with one attached hydrogen (secondary N) is 1. The van der Waals surface area contributed by atoms with Crippen LogP contribution in [0.25, 0.3) is 0 Å². The number of hydrogen-bond acceptors (Lipinski definition) is 5. The molecule has 1 aromatic carbocycles. The molecule has 0 aliphatic heterocycles. The molecule has 0 atom stereocenters. The van der Waals surface area contributed by atoms with E-state index in [2.05, 4.69) is 4.72 Å². The van der Waals surface area contributed by atoms with E-state index < -0.39 is 15.6 Å². The molecule has 4 N–H and O–H groups in total. The second-order valence-corrected chi connectivity index (χ2v) is 6.81. The molecule has 0 radical (unpaired) electrons. The van der Waals surface area contributed by atoms with E-state index in [0.29, 0.717) is 18.5 Å². The van der Waals surface area contributed by atoms with Crippen LogP contribution in [0.2, 0.25) is 0 Å². The maximum atomic E-state index is 12.5. The molecular formula is C13H20N2O4S.